The summed E-state index contributed by atoms with van der Waals surface area (Å²) in [6.07, 6.45) is 3.74. The lowest BCUT2D eigenvalue weighted by Gasteiger charge is -2.31. The topological polar surface area (TPSA) is 52.8 Å². The molecule has 0 spiro atoms. The van der Waals surface area contributed by atoms with Gasteiger partial charge >= 0.3 is 0 Å². The third-order valence-electron chi connectivity index (χ3n) is 6.41. The number of ether oxygens (including phenoxy) is 2. The average molecular weight is 487 g/mol. The van der Waals surface area contributed by atoms with E-state index >= 15 is 0 Å². The second kappa shape index (κ2) is 8.42. The first-order valence-electron chi connectivity index (χ1n) is 11.1. The van der Waals surface area contributed by atoms with Crippen LogP contribution in [0.25, 0.3) is 11.8 Å². The van der Waals surface area contributed by atoms with Crippen LogP contribution in [0.5, 0.6) is 11.5 Å². The Morgan fingerprint density at radius 3 is 2.68 bits per heavy atom. The monoisotopic (exact) mass is 486 g/mol. The smallest absolute Gasteiger partial charge is 0.271 e. The highest BCUT2D eigenvalue weighted by molar-refractivity contribution is 7.11. The maximum atomic E-state index is 13.7. The molecular formula is C27H22N2O3S2. The van der Waals surface area contributed by atoms with E-state index in [1.54, 1.807) is 25.6 Å². The van der Waals surface area contributed by atoms with Gasteiger partial charge in [0.05, 0.1) is 30.5 Å². The van der Waals surface area contributed by atoms with E-state index in [1.165, 1.54) is 22.5 Å². The summed E-state index contributed by atoms with van der Waals surface area (Å²) in [5, 5.41) is 2.02. The Morgan fingerprint density at radius 2 is 1.88 bits per heavy atom. The quantitative estimate of drug-likeness (QED) is 0.430. The summed E-state index contributed by atoms with van der Waals surface area (Å²) in [6.45, 7) is 0. The molecule has 0 bridgehead atoms. The van der Waals surface area contributed by atoms with Crippen LogP contribution in [0.4, 0.5) is 0 Å². The minimum atomic E-state index is -0.245. The van der Waals surface area contributed by atoms with E-state index in [0.717, 1.165) is 39.3 Å². The molecule has 1 aliphatic carbocycles. The van der Waals surface area contributed by atoms with Crippen molar-refractivity contribution in [1.82, 2.24) is 4.57 Å². The summed E-state index contributed by atoms with van der Waals surface area (Å²) < 4.78 is 13.6. The Bertz CT molecular complexity index is 1610. The van der Waals surface area contributed by atoms with Crippen molar-refractivity contribution >= 4 is 34.4 Å². The van der Waals surface area contributed by atoms with Gasteiger partial charge < -0.3 is 9.47 Å². The van der Waals surface area contributed by atoms with Gasteiger partial charge in [-0.3, -0.25) is 9.36 Å². The normalized spacial score (nSPS) is 17.0. The Morgan fingerprint density at radius 1 is 1.03 bits per heavy atom. The van der Waals surface area contributed by atoms with Crippen LogP contribution in [0.3, 0.4) is 0 Å². The number of rotatable bonds is 4. The van der Waals surface area contributed by atoms with E-state index in [2.05, 4.69) is 24.3 Å². The van der Waals surface area contributed by atoms with Crippen molar-refractivity contribution < 1.29 is 9.47 Å². The number of aryl methyl sites for hydroxylation is 1. The van der Waals surface area contributed by atoms with Crippen LogP contribution in [0.1, 0.15) is 34.0 Å². The second-order valence-electron chi connectivity index (χ2n) is 8.24. The lowest BCUT2D eigenvalue weighted by molar-refractivity contribution is 0.354. The summed E-state index contributed by atoms with van der Waals surface area (Å²) in [7, 11) is 3.26. The summed E-state index contributed by atoms with van der Waals surface area (Å²) in [6, 6.07) is 18.1. The van der Waals surface area contributed by atoms with E-state index in [-0.39, 0.29) is 11.6 Å². The van der Waals surface area contributed by atoms with Gasteiger partial charge in [0.1, 0.15) is 0 Å². The molecule has 4 aromatic rings. The number of hydrogen-bond donors (Lipinski definition) is 0. The highest BCUT2D eigenvalue weighted by atomic mass is 32.1. The summed E-state index contributed by atoms with van der Waals surface area (Å²) in [4.78, 5) is 20.6. The first-order valence-corrected chi connectivity index (χ1v) is 12.8. The molecule has 6 rings (SSSR count). The van der Waals surface area contributed by atoms with Crippen molar-refractivity contribution in [3.8, 4) is 11.5 Å². The molecule has 0 unspecified atom stereocenters. The number of nitrogens with zero attached hydrogens (tertiary/aromatic N) is 2. The van der Waals surface area contributed by atoms with Crippen LogP contribution >= 0.6 is 22.7 Å². The number of methoxy groups -OCH3 is 2. The molecule has 0 amide bonds. The number of fused-ring (bicyclic) bond motifs is 3. The SMILES string of the molecule is COc1ccc([C@@H]2C3=C(N=c4s/c(=C\c5cccs5)c(=O)n42)c2ccccc2CC3)cc1OC. The summed E-state index contributed by atoms with van der Waals surface area (Å²) >= 11 is 3.07. The minimum Gasteiger partial charge on any atom is -0.493 e. The fourth-order valence-electron chi connectivity index (χ4n) is 4.85. The van der Waals surface area contributed by atoms with Gasteiger partial charge in [0.15, 0.2) is 16.3 Å². The first-order chi connectivity index (χ1) is 16.7. The Hall–Kier alpha value is -3.42. The lowest BCUT2D eigenvalue weighted by Crippen LogP contribution is -2.38. The van der Waals surface area contributed by atoms with Gasteiger partial charge in [-0.15, -0.1) is 11.3 Å². The predicted octanol–water partition coefficient (Wildman–Crippen LogP) is 4.40. The molecule has 2 aromatic heterocycles. The van der Waals surface area contributed by atoms with E-state index in [9.17, 15) is 4.79 Å². The van der Waals surface area contributed by atoms with Crippen LogP contribution in [-0.2, 0) is 6.42 Å². The maximum Gasteiger partial charge on any atom is 0.271 e. The lowest BCUT2D eigenvalue weighted by atomic mass is 9.83. The third-order valence-corrected chi connectivity index (χ3v) is 8.22. The Kier molecular flexibility index (Phi) is 5.23. The second-order valence-corrected chi connectivity index (χ2v) is 10.2. The molecule has 0 saturated heterocycles. The average Bonchev–Trinajstić information content (AvgIpc) is 3.50. The first kappa shape index (κ1) is 21.1. The number of hydrogen-bond acceptors (Lipinski definition) is 6. The molecular weight excluding hydrogens is 464 g/mol. The number of aromatic nitrogens is 1. The molecule has 5 nitrogen and oxygen atoms in total. The number of thiazole rings is 1. The Labute approximate surface area is 204 Å². The van der Waals surface area contributed by atoms with Crippen molar-refractivity contribution in [2.45, 2.75) is 18.9 Å². The maximum absolute atomic E-state index is 13.7. The zero-order valence-electron chi connectivity index (χ0n) is 18.8. The van der Waals surface area contributed by atoms with Crippen molar-refractivity contribution in [2.24, 2.45) is 4.99 Å². The number of thiophene rings is 1. The summed E-state index contributed by atoms with van der Waals surface area (Å²) in [5.41, 5.74) is 5.59. The van der Waals surface area contributed by atoms with Crippen molar-refractivity contribution in [1.29, 1.82) is 0 Å². The Balaban J connectivity index is 1.64. The molecule has 1 atom stereocenters. The highest BCUT2D eigenvalue weighted by Gasteiger charge is 2.33. The van der Waals surface area contributed by atoms with Crippen LogP contribution in [-0.4, -0.2) is 18.8 Å². The molecule has 0 radical (unpaired) electrons. The van der Waals surface area contributed by atoms with E-state index < -0.39 is 0 Å². The van der Waals surface area contributed by atoms with E-state index in [0.29, 0.717) is 16.0 Å². The van der Waals surface area contributed by atoms with Crippen molar-refractivity contribution in [2.75, 3.05) is 14.2 Å². The molecule has 0 fully saturated rings. The predicted molar refractivity (Wildman–Crippen MR) is 137 cm³/mol. The van der Waals surface area contributed by atoms with Crippen LogP contribution in [0, 0.1) is 0 Å². The van der Waals surface area contributed by atoms with Crippen molar-refractivity contribution in [3.63, 3.8) is 0 Å². The van der Waals surface area contributed by atoms with Gasteiger partial charge in [-0.05, 0) is 59.2 Å². The molecule has 0 saturated carbocycles. The fraction of sp³-hybridized carbons (Fsp3) is 0.185. The molecule has 34 heavy (non-hydrogen) atoms. The van der Waals surface area contributed by atoms with Gasteiger partial charge in [0, 0.05) is 10.4 Å². The fourth-order valence-corrected chi connectivity index (χ4v) is 6.57. The minimum absolute atomic E-state index is 0.0117. The largest absolute Gasteiger partial charge is 0.493 e. The van der Waals surface area contributed by atoms with Gasteiger partial charge in [-0.2, -0.15) is 0 Å². The zero-order valence-corrected chi connectivity index (χ0v) is 20.4. The van der Waals surface area contributed by atoms with Gasteiger partial charge in [-0.1, -0.05) is 47.7 Å². The van der Waals surface area contributed by atoms with Gasteiger partial charge in [-0.25, -0.2) is 4.99 Å². The molecule has 2 aromatic carbocycles. The van der Waals surface area contributed by atoms with Crippen LogP contribution in [0.2, 0.25) is 0 Å². The molecule has 170 valence electrons. The third kappa shape index (κ3) is 3.35. The molecule has 3 heterocycles. The molecule has 0 N–H and O–H groups in total. The molecule has 1 aliphatic heterocycles. The number of benzene rings is 2. The molecule has 7 heteroatoms. The van der Waals surface area contributed by atoms with Crippen LogP contribution < -0.4 is 24.4 Å². The van der Waals surface area contributed by atoms with Gasteiger partial charge in [0.2, 0.25) is 0 Å². The summed E-state index contributed by atoms with van der Waals surface area (Å²) in [5.74, 6) is 1.32. The number of allylic oxidation sites excluding steroid dienone is 1. The van der Waals surface area contributed by atoms with E-state index in [1.807, 2.05) is 46.4 Å². The molecule has 2 aliphatic rings. The van der Waals surface area contributed by atoms with Crippen molar-refractivity contribution in [3.05, 3.63) is 107 Å². The van der Waals surface area contributed by atoms with E-state index in [4.69, 9.17) is 14.5 Å². The zero-order chi connectivity index (χ0) is 23.2. The standard InChI is InChI=1S/C27H22N2O3S2/c1-31-21-12-10-17(14-22(21)32-2)25-20-11-9-16-6-3-4-8-19(16)24(20)28-27-29(25)26(30)23(34-27)15-18-7-5-13-33-18/h3-8,10,12-15,25H,9,11H2,1-2H3/b23-15-/t25-/m1/s1. The van der Waals surface area contributed by atoms with Crippen LogP contribution in [0.15, 0.2) is 75.3 Å². The highest BCUT2D eigenvalue weighted by Crippen LogP contribution is 2.42. The van der Waals surface area contributed by atoms with Gasteiger partial charge in [0.25, 0.3) is 5.56 Å².